The molecule has 1 aliphatic heterocycles. The Hall–Kier alpha value is -1.40. The van der Waals surface area contributed by atoms with Gasteiger partial charge in [-0.2, -0.15) is 0 Å². The number of carbonyl (C=O) groups excluding carboxylic acids is 1. The molecule has 0 radical (unpaired) electrons. The van der Waals surface area contributed by atoms with Gasteiger partial charge in [0.2, 0.25) is 5.91 Å². The molecule has 1 fully saturated rings. The minimum Gasteiger partial charge on any atom is -0.379 e. The largest absolute Gasteiger partial charge is 0.379 e. The van der Waals surface area contributed by atoms with Gasteiger partial charge in [-0.3, -0.25) is 4.79 Å². The number of carbonyl (C=O) groups is 1. The monoisotopic (exact) mass is 224 g/mol. The number of hydrogen-bond acceptors (Lipinski definition) is 4. The van der Waals surface area contributed by atoms with Crippen LogP contribution in [0.1, 0.15) is 18.8 Å². The Bertz CT molecular complexity index is 352. The molecule has 0 aliphatic carbocycles. The number of amides is 1. The van der Waals surface area contributed by atoms with Gasteiger partial charge in [0.1, 0.15) is 5.82 Å². The fourth-order valence-corrected chi connectivity index (χ4v) is 1.74. The third-order valence-corrected chi connectivity index (χ3v) is 2.75. The first kappa shape index (κ1) is 11.1. The summed E-state index contributed by atoms with van der Waals surface area (Å²) in [6.45, 7) is 2.73. The van der Waals surface area contributed by atoms with Crippen LogP contribution in [0.15, 0.2) is 12.4 Å². The highest BCUT2D eigenvalue weighted by atomic mass is 16.5. The molecule has 6 nitrogen and oxygen atoms in total. The van der Waals surface area contributed by atoms with Gasteiger partial charge in [0.25, 0.3) is 0 Å². The molecule has 3 unspecified atom stereocenters. The van der Waals surface area contributed by atoms with Crippen LogP contribution in [0.5, 0.6) is 0 Å². The number of ether oxygens (including phenoxy) is 1. The van der Waals surface area contributed by atoms with E-state index in [1.807, 2.05) is 6.92 Å². The minimum absolute atomic E-state index is 0.0751. The topological polar surface area (TPSA) is 93.0 Å². The number of nitrogens with one attached hydrogen (secondary N) is 2. The zero-order valence-electron chi connectivity index (χ0n) is 9.14. The summed E-state index contributed by atoms with van der Waals surface area (Å²) < 4.78 is 5.15. The number of aromatic nitrogens is 2. The number of H-pyrrole nitrogens is 1. The van der Waals surface area contributed by atoms with Crippen LogP contribution in [-0.2, 0) is 9.53 Å². The van der Waals surface area contributed by atoms with Crippen molar-refractivity contribution in [1.82, 2.24) is 15.3 Å². The summed E-state index contributed by atoms with van der Waals surface area (Å²) in [4.78, 5) is 18.9. The van der Waals surface area contributed by atoms with E-state index in [4.69, 9.17) is 10.5 Å². The summed E-state index contributed by atoms with van der Waals surface area (Å²) in [6.07, 6.45) is 3.38. The molecule has 1 aromatic heterocycles. The molecule has 2 heterocycles. The molecule has 1 amide bonds. The summed E-state index contributed by atoms with van der Waals surface area (Å²) in [5.74, 6) is 0.409. The van der Waals surface area contributed by atoms with E-state index in [-0.39, 0.29) is 23.9 Å². The second kappa shape index (κ2) is 4.63. The number of hydrogen-bond donors (Lipinski definition) is 3. The maximum absolute atomic E-state index is 11.8. The van der Waals surface area contributed by atoms with Crippen molar-refractivity contribution in [3.05, 3.63) is 18.2 Å². The van der Waals surface area contributed by atoms with E-state index in [0.717, 1.165) is 5.82 Å². The van der Waals surface area contributed by atoms with Gasteiger partial charge in [0.05, 0.1) is 25.2 Å². The van der Waals surface area contributed by atoms with Crippen LogP contribution in [-0.4, -0.2) is 35.1 Å². The van der Waals surface area contributed by atoms with Crippen LogP contribution in [0.2, 0.25) is 0 Å². The van der Waals surface area contributed by atoms with Crippen LogP contribution in [0.4, 0.5) is 0 Å². The normalized spacial score (nSPS) is 26.6. The van der Waals surface area contributed by atoms with Crippen molar-refractivity contribution < 1.29 is 9.53 Å². The summed E-state index contributed by atoms with van der Waals surface area (Å²) in [5.41, 5.74) is 5.77. The van der Waals surface area contributed by atoms with Crippen molar-refractivity contribution >= 4 is 5.91 Å². The second-order valence-corrected chi connectivity index (χ2v) is 4.01. The lowest BCUT2D eigenvalue weighted by atomic mass is 10.0. The molecule has 0 bridgehead atoms. The van der Waals surface area contributed by atoms with E-state index < -0.39 is 0 Å². The van der Waals surface area contributed by atoms with E-state index in [0.29, 0.717) is 13.2 Å². The number of aromatic amines is 1. The smallest absolute Gasteiger partial charge is 0.227 e. The molecule has 6 heteroatoms. The lowest BCUT2D eigenvalue weighted by molar-refractivity contribution is -0.125. The fraction of sp³-hybridized carbons (Fsp3) is 0.600. The molecule has 2 rings (SSSR count). The Labute approximate surface area is 93.6 Å². The number of imidazole rings is 1. The maximum atomic E-state index is 11.8. The van der Waals surface area contributed by atoms with Crippen molar-refractivity contribution in [2.75, 3.05) is 13.2 Å². The molecule has 88 valence electrons. The van der Waals surface area contributed by atoms with Crippen LogP contribution in [0.3, 0.4) is 0 Å². The van der Waals surface area contributed by atoms with Gasteiger partial charge in [-0.05, 0) is 6.92 Å². The minimum atomic E-state index is -0.252. The Kier molecular flexibility index (Phi) is 3.21. The van der Waals surface area contributed by atoms with Crippen LogP contribution >= 0.6 is 0 Å². The first-order valence-corrected chi connectivity index (χ1v) is 5.31. The highest BCUT2D eigenvalue weighted by Gasteiger charge is 2.32. The number of rotatable bonds is 3. The van der Waals surface area contributed by atoms with Crippen LogP contribution in [0.25, 0.3) is 0 Å². The summed E-state index contributed by atoms with van der Waals surface area (Å²) >= 11 is 0. The van der Waals surface area contributed by atoms with E-state index in [1.165, 1.54) is 0 Å². The van der Waals surface area contributed by atoms with E-state index in [1.54, 1.807) is 12.4 Å². The van der Waals surface area contributed by atoms with E-state index in [9.17, 15) is 4.79 Å². The molecule has 0 spiro atoms. The Morgan fingerprint density at radius 3 is 3.12 bits per heavy atom. The van der Waals surface area contributed by atoms with Gasteiger partial charge in [-0.15, -0.1) is 0 Å². The summed E-state index contributed by atoms with van der Waals surface area (Å²) in [5, 5.41) is 2.86. The third-order valence-electron chi connectivity index (χ3n) is 2.75. The molecule has 4 N–H and O–H groups in total. The molecule has 1 aromatic rings. The SMILES string of the molecule is CC(NC(=O)C1COCC1N)c1ncc[nH]1. The molecular weight excluding hydrogens is 208 g/mol. The molecule has 1 aliphatic rings. The van der Waals surface area contributed by atoms with Gasteiger partial charge in [0, 0.05) is 18.4 Å². The molecule has 0 aromatic carbocycles. The average molecular weight is 224 g/mol. The number of nitrogens with zero attached hydrogens (tertiary/aromatic N) is 1. The van der Waals surface area contributed by atoms with Gasteiger partial charge in [0.15, 0.2) is 0 Å². The first-order valence-electron chi connectivity index (χ1n) is 5.31. The average Bonchev–Trinajstić information content (AvgIpc) is 2.86. The summed E-state index contributed by atoms with van der Waals surface area (Å²) in [7, 11) is 0. The fourth-order valence-electron chi connectivity index (χ4n) is 1.74. The predicted octanol–water partition coefficient (Wildman–Crippen LogP) is -0.439. The lowest BCUT2D eigenvalue weighted by Crippen LogP contribution is -2.42. The van der Waals surface area contributed by atoms with E-state index >= 15 is 0 Å². The van der Waals surface area contributed by atoms with Crippen molar-refractivity contribution in [3.8, 4) is 0 Å². The Balaban J connectivity index is 1.92. The third kappa shape index (κ3) is 2.23. The maximum Gasteiger partial charge on any atom is 0.227 e. The highest BCUT2D eigenvalue weighted by Crippen LogP contribution is 2.14. The molecule has 16 heavy (non-hydrogen) atoms. The van der Waals surface area contributed by atoms with Gasteiger partial charge in [-0.1, -0.05) is 0 Å². The second-order valence-electron chi connectivity index (χ2n) is 4.01. The Morgan fingerprint density at radius 2 is 2.56 bits per heavy atom. The van der Waals surface area contributed by atoms with Crippen molar-refractivity contribution in [2.45, 2.75) is 19.0 Å². The summed E-state index contributed by atoms with van der Waals surface area (Å²) in [6, 6.07) is -0.348. The molecule has 0 saturated carbocycles. The Morgan fingerprint density at radius 1 is 1.75 bits per heavy atom. The zero-order chi connectivity index (χ0) is 11.5. The molecule has 1 saturated heterocycles. The van der Waals surface area contributed by atoms with Gasteiger partial charge < -0.3 is 20.8 Å². The zero-order valence-corrected chi connectivity index (χ0v) is 9.14. The predicted molar refractivity (Wildman–Crippen MR) is 57.4 cm³/mol. The quantitative estimate of drug-likeness (QED) is 0.649. The molecular formula is C10H16N4O2. The van der Waals surface area contributed by atoms with Crippen LogP contribution in [0, 0.1) is 5.92 Å². The van der Waals surface area contributed by atoms with Crippen molar-refractivity contribution in [2.24, 2.45) is 11.7 Å². The van der Waals surface area contributed by atoms with Gasteiger partial charge >= 0.3 is 0 Å². The van der Waals surface area contributed by atoms with Crippen LogP contribution < -0.4 is 11.1 Å². The standard InChI is InChI=1S/C10H16N4O2/c1-6(9-12-2-3-13-9)14-10(15)7-4-16-5-8(7)11/h2-3,6-8H,4-5,11H2,1H3,(H,12,13)(H,14,15). The van der Waals surface area contributed by atoms with Crippen molar-refractivity contribution in [1.29, 1.82) is 0 Å². The number of nitrogens with two attached hydrogens (primary N) is 1. The highest BCUT2D eigenvalue weighted by molar-refractivity contribution is 5.80. The van der Waals surface area contributed by atoms with E-state index in [2.05, 4.69) is 15.3 Å². The molecule has 3 atom stereocenters. The van der Waals surface area contributed by atoms with Gasteiger partial charge in [-0.25, -0.2) is 4.98 Å². The lowest BCUT2D eigenvalue weighted by Gasteiger charge is -2.16. The van der Waals surface area contributed by atoms with Crippen molar-refractivity contribution in [3.63, 3.8) is 0 Å². The first-order chi connectivity index (χ1) is 7.68.